The maximum atomic E-state index is 9.24. The van der Waals surface area contributed by atoms with Crippen LogP contribution in [0.4, 0.5) is 0 Å². The van der Waals surface area contributed by atoms with Crippen LogP contribution in [0, 0.1) is 0 Å². The molecule has 6 nitrogen and oxygen atoms in total. The summed E-state index contributed by atoms with van der Waals surface area (Å²) in [5.74, 6) is 0. The Hall–Kier alpha value is 0.110. The summed E-state index contributed by atoms with van der Waals surface area (Å²) >= 11 is 3.53. The van der Waals surface area contributed by atoms with Crippen molar-refractivity contribution < 1.29 is 30.3 Å². The lowest BCUT2D eigenvalue weighted by Gasteiger charge is -2.42. The summed E-state index contributed by atoms with van der Waals surface area (Å²) in [6.07, 6.45) is -5.95. The molecule has 5 unspecified atom stereocenters. The predicted octanol–water partition coefficient (Wildman–Crippen LogP) is -2.96. The summed E-state index contributed by atoms with van der Waals surface area (Å²) in [6, 6.07) is 0. The highest BCUT2D eigenvalue weighted by molar-refractivity contribution is 7.81. The van der Waals surface area contributed by atoms with Crippen molar-refractivity contribution in [3.05, 3.63) is 0 Å². The molecule has 1 rings (SSSR count). The number of aliphatic hydroxyl groups is 5. The second kappa shape index (κ2) is 3.70. The molecule has 1 aliphatic heterocycles. The van der Waals surface area contributed by atoms with Gasteiger partial charge >= 0.3 is 0 Å². The van der Waals surface area contributed by atoms with E-state index in [1.165, 1.54) is 0 Å². The third kappa shape index (κ3) is 1.96. The number of hydrogen-bond donors (Lipinski definition) is 6. The minimum atomic E-state index is -2.26. The Labute approximate surface area is 79.8 Å². The van der Waals surface area contributed by atoms with Gasteiger partial charge in [-0.3, -0.25) is 0 Å². The van der Waals surface area contributed by atoms with E-state index >= 15 is 0 Å². The molecule has 0 saturated carbocycles. The molecule has 0 bridgehead atoms. The fourth-order valence-corrected chi connectivity index (χ4v) is 1.42. The van der Waals surface area contributed by atoms with Gasteiger partial charge in [0.25, 0.3) is 0 Å². The third-order valence-corrected chi connectivity index (χ3v) is 2.31. The van der Waals surface area contributed by atoms with E-state index in [4.69, 9.17) is 10.2 Å². The number of hydrogen-bond acceptors (Lipinski definition) is 7. The maximum absolute atomic E-state index is 9.24. The highest BCUT2D eigenvalue weighted by atomic mass is 32.1. The van der Waals surface area contributed by atoms with Crippen molar-refractivity contribution in [1.82, 2.24) is 0 Å². The summed E-state index contributed by atoms with van der Waals surface area (Å²) in [4.78, 5) is 0. The van der Waals surface area contributed by atoms with E-state index in [0.29, 0.717) is 0 Å². The smallest absolute Gasteiger partial charge is 0.243 e. The first-order valence-corrected chi connectivity index (χ1v) is 4.12. The number of thiol groups is 1. The second-order valence-corrected chi connectivity index (χ2v) is 3.56. The van der Waals surface area contributed by atoms with Crippen LogP contribution in [0.1, 0.15) is 0 Å². The van der Waals surface area contributed by atoms with Gasteiger partial charge in [-0.2, -0.15) is 0 Å². The van der Waals surface area contributed by atoms with Gasteiger partial charge in [-0.05, 0) is 0 Å². The molecule has 1 heterocycles. The van der Waals surface area contributed by atoms with Crippen LogP contribution in [0.2, 0.25) is 0 Å². The van der Waals surface area contributed by atoms with Crippen LogP contribution in [0.25, 0.3) is 0 Å². The van der Waals surface area contributed by atoms with Crippen molar-refractivity contribution in [2.45, 2.75) is 29.5 Å². The molecule has 78 valence electrons. The van der Waals surface area contributed by atoms with Crippen molar-refractivity contribution >= 4 is 12.6 Å². The van der Waals surface area contributed by atoms with Gasteiger partial charge in [0.2, 0.25) is 5.12 Å². The van der Waals surface area contributed by atoms with Gasteiger partial charge in [-0.25, -0.2) is 0 Å². The average molecular weight is 212 g/mol. The van der Waals surface area contributed by atoms with Gasteiger partial charge in [-0.15, -0.1) is 12.6 Å². The van der Waals surface area contributed by atoms with E-state index in [0.717, 1.165) is 0 Å². The van der Waals surface area contributed by atoms with E-state index < -0.39 is 36.1 Å². The van der Waals surface area contributed by atoms with Crippen LogP contribution in [0.3, 0.4) is 0 Å². The normalized spacial score (nSPS) is 52.2. The van der Waals surface area contributed by atoms with E-state index in [2.05, 4.69) is 17.4 Å². The maximum Gasteiger partial charge on any atom is 0.243 e. The Kier molecular flexibility index (Phi) is 3.18. The largest absolute Gasteiger partial charge is 0.394 e. The SMILES string of the molecule is OCC1OC(O)(S)C(O)C(O)C1O. The van der Waals surface area contributed by atoms with Crippen LogP contribution in [0.15, 0.2) is 0 Å². The minimum absolute atomic E-state index is 0.589. The Balaban J connectivity index is 2.79. The Morgan fingerprint density at radius 2 is 1.77 bits per heavy atom. The molecule has 0 amide bonds. The highest BCUT2D eigenvalue weighted by Crippen LogP contribution is 2.30. The van der Waals surface area contributed by atoms with Crippen molar-refractivity contribution in [3.8, 4) is 0 Å². The molecule has 0 aromatic carbocycles. The summed E-state index contributed by atoms with van der Waals surface area (Å²) < 4.78 is 4.63. The Morgan fingerprint density at radius 1 is 1.23 bits per heavy atom. The van der Waals surface area contributed by atoms with Crippen LogP contribution in [0.5, 0.6) is 0 Å². The molecule has 5 atom stereocenters. The molecule has 1 aliphatic rings. The lowest BCUT2D eigenvalue weighted by atomic mass is 9.99. The molecular weight excluding hydrogens is 200 g/mol. The Bertz CT molecular complexity index is 184. The number of ether oxygens (including phenoxy) is 1. The first kappa shape index (κ1) is 11.2. The first-order chi connectivity index (χ1) is 5.90. The first-order valence-electron chi connectivity index (χ1n) is 3.67. The zero-order chi connectivity index (χ0) is 10.2. The minimum Gasteiger partial charge on any atom is -0.394 e. The van der Waals surface area contributed by atoms with Crippen LogP contribution in [-0.2, 0) is 4.74 Å². The van der Waals surface area contributed by atoms with E-state index in [9.17, 15) is 15.3 Å². The molecule has 1 saturated heterocycles. The van der Waals surface area contributed by atoms with E-state index in [1.807, 2.05) is 0 Å². The molecule has 0 radical (unpaired) electrons. The summed E-state index contributed by atoms with van der Waals surface area (Å²) in [5, 5.41) is 43.2. The fraction of sp³-hybridized carbons (Fsp3) is 1.00. The molecule has 0 spiro atoms. The lowest BCUT2D eigenvalue weighted by Crippen LogP contribution is -2.62. The molecule has 1 fully saturated rings. The molecule has 7 heteroatoms. The lowest BCUT2D eigenvalue weighted by molar-refractivity contribution is -0.304. The standard InChI is InChI=1S/C6H12O6S/c7-1-2-3(8)4(9)5(10)6(11,13)12-2/h2-5,7-11,13H,1H2. The Morgan fingerprint density at radius 3 is 2.23 bits per heavy atom. The highest BCUT2D eigenvalue weighted by Gasteiger charge is 2.50. The monoisotopic (exact) mass is 212 g/mol. The molecule has 0 aromatic rings. The summed E-state index contributed by atoms with van der Waals surface area (Å²) in [7, 11) is 0. The van der Waals surface area contributed by atoms with Crippen molar-refractivity contribution in [2.24, 2.45) is 0 Å². The quantitative estimate of drug-likeness (QED) is 0.205. The zero-order valence-electron chi connectivity index (χ0n) is 6.61. The van der Waals surface area contributed by atoms with Crippen molar-refractivity contribution in [2.75, 3.05) is 6.61 Å². The van der Waals surface area contributed by atoms with Crippen LogP contribution < -0.4 is 0 Å². The van der Waals surface area contributed by atoms with E-state index in [1.54, 1.807) is 0 Å². The second-order valence-electron chi connectivity index (χ2n) is 2.92. The van der Waals surface area contributed by atoms with Crippen LogP contribution >= 0.6 is 12.6 Å². The number of rotatable bonds is 1. The molecule has 0 aliphatic carbocycles. The van der Waals surface area contributed by atoms with E-state index in [-0.39, 0.29) is 0 Å². The topological polar surface area (TPSA) is 110 Å². The van der Waals surface area contributed by atoms with Gasteiger partial charge in [0, 0.05) is 0 Å². The average Bonchev–Trinajstić information content (AvgIpc) is 2.08. The van der Waals surface area contributed by atoms with Gasteiger partial charge in [0.05, 0.1) is 6.61 Å². The van der Waals surface area contributed by atoms with Crippen LogP contribution in [-0.4, -0.2) is 61.7 Å². The van der Waals surface area contributed by atoms with Gasteiger partial charge in [0.1, 0.15) is 24.4 Å². The fourth-order valence-electron chi connectivity index (χ4n) is 1.14. The summed E-state index contributed by atoms with van der Waals surface area (Å²) in [5.41, 5.74) is 0. The summed E-state index contributed by atoms with van der Waals surface area (Å²) in [6.45, 7) is -0.589. The van der Waals surface area contributed by atoms with Crippen molar-refractivity contribution in [3.63, 3.8) is 0 Å². The molecular formula is C6H12O6S. The molecule has 5 N–H and O–H groups in total. The number of aliphatic hydroxyl groups excluding tert-OH is 4. The van der Waals surface area contributed by atoms with Crippen molar-refractivity contribution in [1.29, 1.82) is 0 Å². The molecule has 13 heavy (non-hydrogen) atoms. The van der Waals surface area contributed by atoms with Gasteiger partial charge in [-0.1, -0.05) is 0 Å². The third-order valence-electron chi connectivity index (χ3n) is 1.94. The molecule has 0 aromatic heterocycles. The zero-order valence-corrected chi connectivity index (χ0v) is 7.50. The predicted molar refractivity (Wildman–Crippen MR) is 43.9 cm³/mol. The van der Waals surface area contributed by atoms with Gasteiger partial charge < -0.3 is 30.3 Å². The van der Waals surface area contributed by atoms with Gasteiger partial charge in [0.15, 0.2) is 0 Å².